The summed E-state index contributed by atoms with van der Waals surface area (Å²) in [6.07, 6.45) is 1.65. The van der Waals surface area contributed by atoms with E-state index < -0.39 is 0 Å². The Hall–Kier alpha value is -1.67. The Labute approximate surface area is 97.4 Å². The van der Waals surface area contributed by atoms with Gasteiger partial charge in [0, 0.05) is 10.9 Å². The van der Waals surface area contributed by atoms with Crippen LogP contribution in [0.25, 0.3) is 22.3 Å². The first-order valence-corrected chi connectivity index (χ1v) is 5.35. The number of hydrogen-bond donors (Lipinski definition) is 0. The SMILES string of the molecule is Cc1cc2cc(-c3ccco3)cc(Cl)c2o1. The minimum atomic E-state index is 0.608. The maximum absolute atomic E-state index is 6.16. The molecule has 0 fully saturated rings. The minimum absolute atomic E-state index is 0.608. The number of benzene rings is 1. The van der Waals surface area contributed by atoms with Crippen LogP contribution in [0.5, 0.6) is 0 Å². The third-order valence-electron chi connectivity index (χ3n) is 2.50. The van der Waals surface area contributed by atoms with E-state index in [1.54, 1.807) is 6.26 Å². The predicted octanol–water partition coefficient (Wildman–Crippen LogP) is 4.65. The molecule has 0 saturated heterocycles. The van der Waals surface area contributed by atoms with Gasteiger partial charge in [0.25, 0.3) is 0 Å². The molecular formula is C13H9ClO2. The van der Waals surface area contributed by atoms with E-state index in [1.165, 1.54) is 0 Å². The molecule has 2 heterocycles. The van der Waals surface area contributed by atoms with Crippen LogP contribution in [0.4, 0.5) is 0 Å². The van der Waals surface area contributed by atoms with E-state index in [2.05, 4.69) is 0 Å². The molecular weight excluding hydrogens is 224 g/mol. The van der Waals surface area contributed by atoms with Gasteiger partial charge in [-0.05, 0) is 37.3 Å². The summed E-state index contributed by atoms with van der Waals surface area (Å²) in [4.78, 5) is 0. The van der Waals surface area contributed by atoms with Crippen LogP contribution in [0.3, 0.4) is 0 Å². The van der Waals surface area contributed by atoms with E-state index in [4.69, 9.17) is 20.4 Å². The number of furan rings is 2. The van der Waals surface area contributed by atoms with E-state index >= 15 is 0 Å². The molecule has 1 aromatic carbocycles. The summed E-state index contributed by atoms with van der Waals surface area (Å²) in [7, 11) is 0. The van der Waals surface area contributed by atoms with Crippen LogP contribution in [0.2, 0.25) is 5.02 Å². The molecule has 0 amide bonds. The highest BCUT2D eigenvalue weighted by atomic mass is 35.5. The normalized spacial score (nSPS) is 11.1. The second-order valence-electron chi connectivity index (χ2n) is 3.71. The third-order valence-corrected chi connectivity index (χ3v) is 2.78. The molecule has 80 valence electrons. The van der Waals surface area contributed by atoms with Gasteiger partial charge in [-0.25, -0.2) is 0 Å². The number of aryl methyl sites for hydroxylation is 1. The molecule has 0 N–H and O–H groups in total. The molecule has 3 heteroatoms. The summed E-state index contributed by atoms with van der Waals surface area (Å²) < 4.78 is 10.8. The lowest BCUT2D eigenvalue weighted by atomic mass is 10.1. The highest BCUT2D eigenvalue weighted by Crippen LogP contribution is 2.32. The molecule has 3 rings (SSSR count). The van der Waals surface area contributed by atoms with Gasteiger partial charge in [-0.1, -0.05) is 11.6 Å². The van der Waals surface area contributed by atoms with Crippen molar-refractivity contribution in [1.29, 1.82) is 0 Å². The summed E-state index contributed by atoms with van der Waals surface area (Å²) in [5.41, 5.74) is 1.69. The maximum atomic E-state index is 6.16. The highest BCUT2D eigenvalue weighted by molar-refractivity contribution is 6.35. The van der Waals surface area contributed by atoms with Crippen molar-refractivity contribution in [1.82, 2.24) is 0 Å². The van der Waals surface area contributed by atoms with Gasteiger partial charge < -0.3 is 8.83 Å². The van der Waals surface area contributed by atoms with Crippen LogP contribution < -0.4 is 0 Å². The summed E-state index contributed by atoms with van der Waals surface area (Å²) in [6, 6.07) is 9.59. The van der Waals surface area contributed by atoms with Crippen LogP contribution in [-0.4, -0.2) is 0 Å². The van der Waals surface area contributed by atoms with Gasteiger partial charge in [-0.2, -0.15) is 0 Å². The molecule has 0 saturated carbocycles. The van der Waals surface area contributed by atoms with Gasteiger partial charge in [0.2, 0.25) is 0 Å². The van der Waals surface area contributed by atoms with Crippen molar-refractivity contribution in [3.05, 3.63) is 47.4 Å². The number of rotatable bonds is 1. The van der Waals surface area contributed by atoms with E-state index in [9.17, 15) is 0 Å². The smallest absolute Gasteiger partial charge is 0.152 e. The molecule has 2 nitrogen and oxygen atoms in total. The third kappa shape index (κ3) is 1.42. The van der Waals surface area contributed by atoms with Crippen molar-refractivity contribution >= 4 is 22.6 Å². The number of hydrogen-bond acceptors (Lipinski definition) is 2. The second-order valence-corrected chi connectivity index (χ2v) is 4.12. The molecule has 0 spiro atoms. The zero-order valence-electron chi connectivity index (χ0n) is 8.66. The molecule has 0 aliphatic heterocycles. The van der Waals surface area contributed by atoms with Crippen molar-refractivity contribution < 1.29 is 8.83 Å². The molecule has 16 heavy (non-hydrogen) atoms. The fourth-order valence-electron chi connectivity index (χ4n) is 1.82. The summed E-state index contributed by atoms with van der Waals surface area (Å²) in [5, 5.41) is 1.61. The van der Waals surface area contributed by atoms with Gasteiger partial charge in [0.05, 0.1) is 11.3 Å². The first-order valence-electron chi connectivity index (χ1n) is 4.97. The molecule has 0 aliphatic carbocycles. The Bertz CT molecular complexity index is 635. The Morgan fingerprint density at radius 3 is 2.81 bits per heavy atom. The van der Waals surface area contributed by atoms with E-state index in [1.807, 2.05) is 37.3 Å². The highest BCUT2D eigenvalue weighted by Gasteiger charge is 2.09. The molecule has 0 aliphatic rings. The minimum Gasteiger partial charge on any atom is -0.464 e. The summed E-state index contributed by atoms with van der Waals surface area (Å²) in [6.45, 7) is 1.91. The van der Waals surface area contributed by atoms with Gasteiger partial charge in [-0.3, -0.25) is 0 Å². The molecule has 0 bridgehead atoms. The first kappa shape index (κ1) is 9.55. The van der Waals surface area contributed by atoms with Crippen molar-refractivity contribution in [2.24, 2.45) is 0 Å². The molecule has 3 aromatic rings. The van der Waals surface area contributed by atoms with Gasteiger partial charge in [-0.15, -0.1) is 0 Å². The van der Waals surface area contributed by atoms with Crippen LogP contribution in [-0.2, 0) is 0 Å². The Kier molecular flexibility index (Phi) is 2.04. The molecule has 0 unspecified atom stereocenters. The Morgan fingerprint density at radius 2 is 2.06 bits per heavy atom. The fourth-order valence-corrected chi connectivity index (χ4v) is 2.09. The molecule has 2 aromatic heterocycles. The monoisotopic (exact) mass is 232 g/mol. The zero-order valence-corrected chi connectivity index (χ0v) is 9.41. The summed E-state index contributed by atoms with van der Waals surface area (Å²) >= 11 is 6.16. The lowest BCUT2D eigenvalue weighted by Gasteiger charge is -1.98. The predicted molar refractivity (Wildman–Crippen MR) is 63.7 cm³/mol. The van der Waals surface area contributed by atoms with Crippen molar-refractivity contribution in [3.8, 4) is 11.3 Å². The van der Waals surface area contributed by atoms with Crippen molar-refractivity contribution in [3.63, 3.8) is 0 Å². The number of halogens is 1. The van der Waals surface area contributed by atoms with E-state index in [-0.39, 0.29) is 0 Å². The quantitative estimate of drug-likeness (QED) is 0.610. The Morgan fingerprint density at radius 1 is 1.19 bits per heavy atom. The Balaban J connectivity index is 2.28. The molecule has 0 atom stereocenters. The average molecular weight is 233 g/mol. The van der Waals surface area contributed by atoms with Crippen LogP contribution in [0, 0.1) is 6.92 Å². The average Bonchev–Trinajstić information content (AvgIpc) is 2.84. The lowest BCUT2D eigenvalue weighted by molar-refractivity contribution is 0.578. The summed E-state index contributed by atoms with van der Waals surface area (Å²) in [5.74, 6) is 1.66. The van der Waals surface area contributed by atoms with Crippen LogP contribution in [0.15, 0.2) is 45.4 Å². The van der Waals surface area contributed by atoms with Crippen molar-refractivity contribution in [2.75, 3.05) is 0 Å². The van der Waals surface area contributed by atoms with Crippen molar-refractivity contribution in [2.45, 2.75) is 6.92 Å². The second kappa shape index (κ2) is 3.42. The zero-order chi connectivity index (χ0) is 11.1. The van der Waals surface area contributed by atoms with Crippen LogP contribution in [0.1, 0.15) is 5.76 Å². The van der Waals surface area contributed by atoms with Crippen LogP contribution >= 0.6 is 11.6 Å². The van der Waals surface area contributed by atoms with E-state index in [0.29, 0.717) is 5.02 Å². The van der Waals surface area contributed by atoms with Gasteiger partial charge >= 0.3 is 0 Å². The van der Waals surface area contributed by atoms with E-state index in [0.717, 1.165) is 28.1 Å². The maximum Gasteiger partial charge on any atom is 0.152 e. The standard InChI is InChI=1S/C13H9ClO2/c1-8-5-10-6-9(12-3-2-4-15-12)7-11(14)13(10)16-8/h2-7H,1H3. The molecule has 0 radical (unpaired) electrons. The largest absolute Gasteiger partial charge is 0.464 e. The first-order chi connectivity index (χ1) is 7.74. The lowest BCUT2D eigenvalue weighted by Crippen LogP contribution is -1.75. The number of fused-ring (bicyclic) bond motifs is 1. The topological polar surface area (TPSA) is 26.3 Å². The van der Waals surface area contributed by atoms with Gasteiger partial charge in [0.15, 0.2) is 5.58 Å². The fraction of sp³-hybridized carbons (Fsp3) is 0.0769. The van der Waals surface area contributed by atoms with Gasteiger partial charge in [0.1, 0.15) is 11.5 Å².